The molecule has 7 aliphatic rings. The summed E-state index contributed by atoms with van der Waals surface area (Å²) in [5.41, 5.74) is 2.90. The molecule has 4 nitrogen and oxygen atoms in total. The molecule has 1 saturated heterocycles. The van der Waals surface area contributed by atoms with E-state index in [0.29, 0.717) is 17.7 Å². The minimum absolute atomic E-state index is 0.00458. The SMILES string of the molecule is CO[C@]12CC[C@@]3(CC1C(C)(C)C)[C@H]1Cc4ccc(O)c5c4[C@@]3(CCN1CC1CC1)[C@H]2O5. The monoisotopic (exact) mass is 423 g/mol. The molecule has 2 spiro atoms. The Hall–Kier alpha value is -1.26. The summed E-state index contributed by atoms with van der Waals surface area (Å²) in [5, 5.41) is 10.9. The Labute approximate surface area is 186 Å². The standard InChI is InChI=1S/C27H37NO3/c1-24(2,3)19-14-25-9-10-27(19,30-4)23-26(25)11-12-28(15-16-5-6-16)20(25)13-17-7-8-18(29)22(31-23)21(17)26/h7-8,16,19-20,23,29H,5-6,9-15H2,1-4H3/t19?,20-,23-,25-,26+,27-/m1/s1. The van der Waals surface area contributed by atoms with E-state index in [4.69, 9.17) is 9.47 Å². The molecule has 0 amide bonds. The van der Waals surface area contributed by atoms with E-state index in [0.717, 1.165) is 37.5 Å². The summed E-state index contributed by atoms with van der Waals surface area (Å²) in [7, 11) is 1.92. The van der Waals surface area contributed by atoms with Crippen LogP contribution in [0, 0.1) is 22.7 Å². The highest BCUT2D eigenvalue weighted by atomic mass is 16.6. The van der Waals surface area contributed by atoms with Crippen LogP contribution < -0.4 is 4.74 Å². The fourth-order valence-electron chi connectivity index (χ4n) is 9.42. The molecular weight excluding hydrogens is 386 g/mol. The second-order valence-electron chi connectivity index (χ2n) is 12.8. The van der Waals surface area contributed by atoms with Gasteiger partial charge in [-0.05, 0) is 80.4 Å². The fourth-order valence-corrected chi connectivity index (χ4v) is 9.42. The number of hydrogen-bond donors (Lipinski definition) is 1. The Kier molecular flexibility index (Phi) is 3.49. The molecule has 6 atom stereocenters. The van der Waals surface area contributed by atoms with Gasteiger partial charge >= 0.3 is 0 Å². The number of likely N-dealkylation sites (tertiary alicyclic amines) is 1. The average molecular weight is 424 g/mol. The largest absolute Gasteiger partial charge is 0.504 e. The third-order valence-electron chi connectivity index (χ3n) is 10.7. The van der Waals surface area contributed by atoms with Gasteiger partial charge in [0, 0.05) is 36.1 Å². The predicted octanol–water partition coefficient (Wildman–Crippen LogP) is 4.66. The normalized spacial score (nSPS) is 44.8. The molecular formula is C27H37NO3. The lowest BCUT2D eigenvalue weighted by atomic mass is 9.33. The molecule has 1 unspecified atom stereocenters. The van der Waals surface area contributed by atoms with Gasteiger partial charge in [-0.2, -0.15) is 0 Å². The quantitative estimate of drug-likeness (QED) is 0.768. The van der Waals surface area contributed by atoms with Crippen molar-refractivity contribution in [1.82, 2.24) is 4.90 Å². The zero-order valence-electron chi connectivity index (χ0n) is 19.5. The summed E-state index contributed by atoms with van der Waals surface area (Å²) in [6.07, 6.45) is 8.65. The Morgan fingerprint density at radius 2 is 2.00 bits per heavy atom. The van der Waals surface area contributed by atoms with Crippen LogP contribution in [-0.2, 0) is 16.6 Å². The lowest BCUT2D eigenvalue weighted by molar-refractivity contribution is -0.292. The van der Waals surface area contributed by atoms with E-state index >= 15 is 0 Å². The zero-order valence-corrected chi connectivity index (χ0v) is 19.5. The van der Waals surface area contributed by atoms with E-state index in [9.17, 15) is 5.11 Å². The number of phenolic OH excluding ortho intramolecular Hbond substituents is 1. The number of benzene rings is 1. The van der Waals surface area contributed by atoms with Gasteiger partial charge in [0.25, 0.3) is 0 Å². The summed E-state index contributed by atoms with van der Waals surface area (Å²) in [5.74, 6) is 2.49. The molecule has 1 aromatic rings. The summed E-state index contributed by atoms with van der Waals surface area (Å²) in [6, 6.07) is 4.67. The van der Waals surface area contributed by atoms with Crippen molar-refractivity contribution in [2.24, 2.45) is 22.7 Å². The molecule has 2 aliphatic heterocycles. The summed E-state index contributed by atoms with van der Waals surface area (Å²) in [6.45, 7) is 9.64. The summed E-state index contributed by atoms with van der Waals surface area (Å²) < 4.78 is 13.5. The second kappa shape index (κ2) is 5.62. The summed E-state index contributed by atoms with van der Waals surface area (Å²) >= 11 is 0. The molecule has 4 heteroatoms. The summed E-state index contributed by atoms with van der Waals surface area (Å²) in [4.78, 5) is 2.89. The van der Waals surface area contributed by atoms with Crippen LogP contribution in [0.3, 0.4) is 0 Å². The zero-order chi connectivity index (χ0) is 21.4. The molecule has 2 heterocycles. The van der Waals surface area contributed by atoms with Crippen molar-refractivity contribution in [3.05, 3.63) is 23.3 Å². The molecule has 5 aliphatic carbocycles. The first-order valence-corrected chi connectivity index (χ1v) is 12.6. The first-order valence-electron chi connectivity index (χ1n) is 12.6. The van der Waals surface area contributed by atoms with Gasteiger partial charge in [0.15, 0.2) is 11.5 Å². The van der Waals surface area contributed by atoms with E-state index < -0.39 is 0 Å². The molecule has 31 heavy (non-hydrogen) atoms. The maximum atomic E-state index is 10.9. The molecule has 4 saturated carbocycles. The first-order chi connectivity index (χ1) is 14.8. The van der Waals surface area contributed by atoms with Gasteiger partial charge in [0.05, 0.1) is 0 Å². The Morgan fingerprint density at radius 3 is 2.71 bits per heavy atom. The smallest absolute Gasteiger partial charge is 0.165 e. The molecule has 168 valence electrons. The van der Waals surface area contributed by atoms with Crippen LogP contribution >= 0.6 is 0 Å². The third kappa shape index (κ3) is 2.02. The van der Waals surface area contributed by atoms with Crippen molar-refractivity contribution in [3.63, 3.8) is 0 Å². The van der Waals surface area contributed by atoms with Crippen LogP contribution in [0.25, 0.3) is 0 Å². The number of aromatic hydroxyl groups is 1. The maximum absolute atomic E-state index is 10.9. The van der Waals surface area contributed by atoms with E-state index in [1.165, 1.54) is 43.4 Å². The minimum Gasteiger partial charge on any atom is -0.504 e. The average Bonchev–Trinajstić information content (AvgIpc) is 3.47. The van der Waals surface area contributed by atoms with Gasteiger partial charge in [0.1, 0.15) is 11.7 Å². The third-order valence-corrected chi connectivity index (χ3v) is 10.7. The van der Waals surface area contributed by atoms with Gasteiger partial charge in [0.2, 0.25) is 0 Å². The highest BCUT2D eigenvalue weighted by Gasteiger charge is 2.81. The maximum Gasteiger partial charge on any atom is 0.165 e. The van der Waals surface area contributed by atoms with Crippen molar-refractivity contribution >= 4 is 0 Å². The highest BCUT2D eigenvalue weighted by molar-refractivity contribution is 5.63. The molecule has 8 rings (SSSR count). The Bertz CT molecular complexity index is 964. The van der Waals surface area contributed by atoms with Crippen LogP contribution in [0.5, 0.6) is 11.5 Å². The number of hydrogen-bond acceptors (Lipinski definition) is 4. The first kappa shape index (κ1) is 19.2. The number of rotatable bonds is 3. The van der Waals surface area contributed by atoms with Crippen LogP contribution in [0.2, 0.25) is 0 Å². The van der Waals surface area contributed by atoms with Crippen molar-refractivity contribution < 1.29 is 14.6 Å². The molecule has 0 aromatic heterocycles. The van der Waals surface area contributed by atoms with E-state index in [1.807, 2.05) is 13.2 Å². The number of piperidine rings is 1. The molecule has 0 radical (unpaired) electrons. The van der Waals surface area contributed by atoms with Gasteiger partial charge in [-0.25, -0.2) is 0 Å². The van der Waals surface area contributed by atoms with Gasteiger partial charge in [-0.1, -0.05) is 26.8 Å². The molecule has 4 bridgehead atoms. The number of fused-ring (bicyclic) bond motifs is 2. The van der Waals surface area contributed by atoms with Crippen molar-refractivity contribution in [2.75, 3.05) is 20.2 Å². The lowest BCUT2D eigenvalue weighted by Gasteiger charge is -2.75. The van der Waals surface area contributed by atoms with Crippen LogP contribution in [0.1, 0.15) is 70.4 Å². The van der Waals surface area contributed by atoms with E-state index in [-0.39, 0.29) is 27.9 Å². The number of methoxy groups -OCH3 is 1. The van der Waals surface area contributed by atoms with Gasteiger partial charge < -0.3 is 14.6 Å². The number of ether oxygens (including phenoxy) is 2. The van der Waals surface area contributed by atoms with Crippen molar-refractivity contribution in [2.45, 2.75) is 88.9 Å². The number of phenols is 1. The lowest BCUT2D eigenvalue weighted by Crippen LogP contribution is -2.81. The fraction of sp³-hybridized carbons (Fsp3) is 0.778. The predicted molar refractivity (Wildman–Crippen MR) is 120 cm³/mol. The van der Waals surface area contributed by atoms with Gasteiger partial charge in [-0.15, -0.1) is 0 Å². The number of nitrogens with zero attached hydrogens (tertiary/aromatic N) is 1. The Morgan fingerprint density at radius 1 is 1.19 bits per heavy atom. The van der Waals surface area contributed by atoms with Crippen LogP contribution in [0.15, 0.2) is 12.1 Å². The minimum atomic E-state index is -0.275. The molecule has 1 N–H and O–H groups in total. The van der Waals surface area contributed by atoms with Crippen LogP contribution in [0.4, 0.5) is 0 Å². The molecule has 5 fully saturated rings. The molecule has 1 aromatic carbocycles. The van der Waals surface area contributed by atoms with Crippen molar-refractivity contribution in [1.29, 1.82) is 0 Å². The second-order valence-corrected chi connectivity index (χ2v) is 12.8. The van der Waals surface area contributed by atoms with E-state index in [1.54, 1.807) is 0 Å². The highest BCUT2D eigenvalue weighted by Crippen LogP contribution is 2.78. The van der Waals surface area contributed by atoms with E-state index in [2.05, 4.69) is 31.7 Å². The van der Waals surface area contributed by atoms with Crippen LogP contribution in [-0.4, -0.2) is 48.0 Å². The topological polar surface area (TPSA) is 41.9 Å². The van der Waals surface area contributed by atoms with Crippen molar-refractivity contribution in [3.8, 4) is 11.5 Å². The van der Waals surface area contributed by atoms with Gasteiger partial charge in [-0.3, -0.25) is 4.90 Å². The Balaban J connectivity index is 1.49.